The minimum absolute atomic E-state index is 0.283. The Hall–Kier alpha value is -3.09. The monoisotopic (exact) mass is 341 g/mol. The first kappa shape index (κ1) is 15.4. The number of fused-ring (bicyclic) bond motifs is 2. The van der Waals surface area contributed by atoms with Gasteiger partial charge in [-0.15, -0.1) is 0 Å². The van der Waals surface area contributed by atoms with Crippen LogP contribution in [0.5, 0.6) is 23.0 Å². The van der Waals surface area contributed by atoms with Crippen molar-refractivity contribution < 1.29 is 18.9 Å². The normalized spacial score (nSPS) is 13.5. The van der Waals surface area contributed by atoms with Crippen LogP contribution in [0.15, 0.2) is 41.4 Å². The number of ether oxygens (including phenoxy) is 4. The van der Waals surface area contributed by atoms with Gasteiger partial charge in [0.25, 0.3) is 0 Å². The number of hydrogen-bond donors (Lipinski definition) is 2. The van der Waals surface area contributed by atoms with Crippen molar-refractivity contribution in [2.24, 2.45) is 4.99 Å². The van der Waals surface area contributed by atoms with Crippen molar-refractivity contribution in [3.8, 4) is 23.0 Å². The molecule has 0 aliphatic carbocycles. The molecule has 130 valence electrons. The minimum atomic E-state index is 0.283. The Morgan fingerprint density at radius 3 is 1.76 bits per heavy atom. The van der Waals surface area contributed by atoms with E-state index in [-0.39, 0.29) is 13.6 Å². The van der Waals surface area contributed by atoms with E-state index in [0.29, 0.717) is 13.1 Å². The van der Waals surface area contributed by atoms with E-state index in [1.54, 1.807) is 7.05 Å². The van der Waals surface area contributed by atoms with E-state index in [9.17, 15) is 0 Å². The zero-order chi connectivity index (χ0) is 17.1. The molecule has 2 aliphatic rings. The molecule has 2 N–H and O–H groups in total. The summed E-state index contributed by atoms with van der Waals surface area (Å²) in [5.74, 6) is 3.85. The summed E-state index contributed by atoms with van der Waals surface area (Å²) >= 11 is 0. The molecule has 0 amide bonds. The molecule has 2 aliphatic heterocycles. The Balaban J connectivity index is 1.32. The Bertz CT molecular complexity index is 743. The van der Waals surface area contributed by atoms with Crippen LogP contribution >= 0.6 is 0 Å². The third kappa shape index (κ3) is 3.40. The summed E-state index contributed by atoms with van der Waals surface area (Å²) in [7, 11) is 1.74. The van der Waals surface area contributed by atoms with E-state index >= 15 is 0 Å². The number of benzene rings is 2. The van der Waals surface area contributed by atoms with Gasteiger partial charge in [-0.2, -0.15) is 0 Å². The Kier molecular flexibility index (Phi) is 4.20. The van der Waals surface area contributed by atoms with Crippen molar-refractivity contribution in [1.82, 2.24) is 10.6 Å². The average molecular weight is 341 g/mol. The number of hydrogen-bond acceptors (Lipinski definition) is 5. The number of aliphatic imine (C=N–C) groups is 1. The summed E-state index contributed by atoms with van der Waals surface area (Å²) < 4.78 is 21.4. The lowest BCUT2D eigenvalue weighted by Crippen LogP contribution is -2.36. The van der Waals surface area contributed by atoms with Crippen molar-refractivity contribution >= 4 is 5.96 Å². The standard InChI is InChI=1S/C18H19N3O4/c1-19-18(20-8-12-2-4-14-16(6-12)24-10-22-14)21-9-13-3-5-15-17(7-13)25-11-23-15/h2-7H,8-11H2,1H3,(H2,19,20,21). The SMILES string of the molecule is CN=C(NCc1ccc2c(c1)OCO2)NCc1ccc2c(c1)OCO2. The first-order valence-electron chi connectivity index (χ1n) is 8.03. The van der Waals surface area contributed by atoms with Gasteiger partial charge in [0.15, 0.2) is 29.0 Å². The van der Waals surface area contributed by atoms with Crippen LogP contribution in [-0.4, -0.2) is 26.6 Å². The molecule has 0 saturated heterocycles. The highest BCUT2D eigenvalue weighted by molar-refractivity contribution is 5.79. The Labute approximate surface area is 145 Å². The summed E-state index contributed by atoms with van der Waals surface area (Å²) in [5.41, 5.74) is 2.19. The molecule has 0 bridgehead atoms. The summed E-state index contributed by atoms with van der Waals surface area (Å²) in [6.07, 6.45) is 0. The van der Waals surface area contributed by atoms with Crippen molar-refractivity contribution in [2.45, 2.75) is 13.1 Å². The van der Waals surface area contributed by atoms with E-state index in [1.165, 1.54) is 0 Å². The lowest BCUT2D eigenvalue weighted by molar-refractivity contribution is 0.173. The third-order valence-electron chi connectivity index (χ3n) is 4.02. The number of nitrogens with zero attached hydrogens (tertiary/aromatic N) is 1. The van der Waals surface area contributed by atoms with Gasteiger partial charge in [-0.1, -0.05) is 12.1 Å². The van der Waals surface area contributed by atoms with E-state index in [1.807, 2.05) is 36.4 Å². The number of guanidine groups is 1. The highest BCUT2D eigenvalue weighted by atomic mass is 16.7. The van der Waals surface area contributed by atoms with Crippen LogP contribution in [0.3, 0.4) is 0 Å². The molecule has 0 aromatic heterocycles. The van der Waals surface area contributed by atoms with Crippen molar-refractivity contribution in [3.63, 3.8) is 0 Å². The topological polar surface area (TPSA) is 73.3 Å². The summed E-state index contributed by atoms with van der Waals surface area (Å²) in [6, 6.07) is 11.8. The van der Waals surface area contributed by atoms with Crippen LogP contribution in [0, 0.1) is 0 Å². The first-order valence-corrected chi connectivity index (χ1v) is 8.03. The molecule has 2 aromatic rings. The zero-order valence-corrected chi connectivity index (χ0v) is 13.9. The van der Waals surface area contributed by atoms with Gasteiger partial charge in [-0.3, -0.25) is 4.99 Å². The predicted octanol–water partition coefficient (Wildman–Crippen LogP) is 2.01. The van der Waals surface area contributed by atoms with Crippen molar-refractivity contribution in [3.05, 3.63) is 47.5 Å². The molecule has 0 fully saturated rings. The average Bonchev–Trinajstić information content (AvgIpc) is 3.29. The Morgan fingerprint density at radius 1 is 0.800 bits per heavy atom. The predicted molar refractivity (Wildman–Crippen MR) is 92.2 cm³/mol. The third-order valence-corrected chi connectivity index (χ3v) is 4.02. The molecule has 0 saturated carbocycles. The minimum Gasteiger partial charge on any atom is -0.454 e. The number of rotatable bonds is 4. The molecule has 2 aromatic carbocycles. The second-order valence-electron chi connectivity index (χ2n) is 5.65. The molecule has 2 heterocycles. The summed E-state index contributed by atoms with van der Waals surface area (Å²) in [6.45, 7) is 1.84. The second-order valence-corrected chi connectivity index (χ2v) is 5.65. The van der Waals surface area contributed by atoms with E-state index in [2.05, 4.69) is 15.6 Å². The smallest absolute Gasteiger partial charge is 0.231 e. The highest BCUT2D eigenvalue weighted by Crippen LogP contribution is 2.33. The van der Waals surface area contributed by atoms with Gasteiger partial charge < -0.3 is 29.6 Å². The van der Waals surface area contributed by atoms with Crippen LogP contribution < -0.4 is 29.6 Å². The fourth-order valence-corrected chi connectivity index (χ4v) is 2.69. The fraction of sp³-hybridized carbons (Fsp3) is 0.278. The van der Waals surface area contributed by atoms with E-state index in [0.717, 1.165) is 40.1 Å². The molecule has 25 heavy (non-hydrogen) atoms. The highest BCUT2D eigenvalue weighted by Gasteiger charge is 2.14. The summed E-state index contributed by atoms with van der Waals surface area (Å²) in [4.78, 5) is 4.25. The maximum Gasteiger partial charge on any atom is 0.231 e. The number of nitrogens with one attached hydrogen (secondary N) is 2. The van der Waals surface area contributed by atoms with E-state index < -0.39 is 0 Å². The molecule has 0 atom stereocenters. The lowest BCUT2D eigenvalue weighted by Gasteiger charge is -2.12. The molecule has 7 heteroatoms. The van der Waals surface area contributed by atoms with Gasteiger partial charge in [0, 0.05) is 20.1 Å². The van der Waals surface area contributed by atoms with Crippen LogP contribution in [0.1, 0.15) is 11.1 Å². The zero-order valence-electron chi connectivity index (χ0n) is 13.9. The van der Waals surface area contributed by atoms with Gasteiger partial charge in [0.1, 0.15) is 0 Å². The van der Waals surface area contributed by atoms with Crippen LogP contribution in [0.2, 0.25) is 0 Å². The van der Waals surface area contributed by atoms with Crippen molar-refractivity contribution in [2.75, 3.05) is 20.6 Å². The molecular formula is C18H19N3O4. The van der Waals surface area contributed by atoms with Crippen LogP contribution in [-0.2, 0) is 13.1 Å². The van der Waals surface area contributed by atoms with Gasteiger partial charge in [-0.25, -0.2) is 0 Å². The van der Waals surface area contributed by atoms with E-state index in [4.69, 9.17) is 18.9 Å². The van der Waals surface area contributed by atoms with Crippen molar-refractivity contribution in [1.29, 1.82) is 0 Å². The Morgan fingerprint density at radius 2 is 1.28 bits per heavy atom. The summed E-state index contributed by atoms with van der Waals surface area (Å²) in [5, 5.41) is 6.57. The molecule has 4 rings (SSSR count). The molecule has 7 nitrogen and oxygen atoms in total. The van der Waals surface area contributed by atoms with Gasteiger partial charge in [0.2, 0.25) is 13.6 Å². The first-order chi connectivity index (χ1) is 12.3. The quantitative estimate of drug-likeness (QED) is 0.655. The molecule has 0 unspecified atom stereocenters. The largest absolute Gasteiger partial charge is 0.454 e. The fourth-order valence-electron chi connectivity index (χ4n) is 2.69. The lowest BCUT2D eigenvalue weighted by atomic mass is 10.2. The van der Waals surface area contributed by atoms with Crippen LogP contribution in [0.25, 0.3) is 0 Å². The van der Waals surface area contributed by atoms with Gasteiger partial charge in [-0.05, 0) is 35.4 Å². The molecular weight excluding hydrogens is 322 g/mol. The molecule has 0 spiro atoms. The maximum atomic E-state index is 5.40. The van der Waals surface area contributed by atoms with Gasteiger partial charge in [0.05, 0.1) is 0 Å². The van der Waals surface area contributed by atoms with Crippen LogP contribution in [0.4, 0.5) is 0 Å². The maximum absolute atomic E-state index is 5.40. The second kappa shape index (κ2) is 6.80. The van der Waals surface area contributed by atoms with Gasteiger partial charge >= 0.3 is 0 Å². The molecule has 0 radical (unpaired) electrons.